The first kappa shape index (κ1) is 23.7. The zero-order chi connectivity index (χ0) is 24.0. The molecule has 2 aromatic rings. The van der Waals surface area contributed by atoms with Crippen molar-refractivity contribution in [3.8, 4) is 17.2 Å². The van der Waals surface area contributed by atoms with Crippen LogP contribution in [0.1, 0.15) is 5.56 Å². The number of carboxylic acid groups (broad SMARTS) is 1. The predicted molar refractivity (Wildman–Crippen MR) is 120 cm³/mol. The van der Waals surface area contributed by atoms with Gasteiger partial charge in [0.15, 0.2) is 18.1 Å². The standard InChI is InChI=1S/C22H20N2O8S/c1-30-15-8-6-14(7-9-15)23-18(25)11-24-21(28)17(33-22(24)29)10-13-4-3-5-16(31-2)20(13)32-12-19(26)27/h3-10H,11-12H2,1-2H3,(H,23,25)(H,26,27)/b17-10+. The van der Waals surface area contributed by atoms with Gasteiger partial charge in [-0.3, -0.25) is 19.3 Å². The van der Waals surface area contributed by atoms with Crippen molar-refractivity contribution >= 4 is 46.5 Å². The number of thioether (sulfide) groups is 1. The Bertz CT molecular complexity index is 1110. The van der Waals surface area contributed by atoms with Gasteiger partial charge in [-0.25, -0.2) is 4.79 Å². The van der Waals surface area contributed by atoms with Gasteiger partial charge in [0.2, 0.25) is 5.91 Å². The van der Waals surface area contributed by atoms with E-state index in [1.54, 1.807) is 42.5 Å². The second-order valence-corrected chi connectivity index (χ2v) is 7.60. The van der Waals surface area contributed by atoms with Gasteiger partial charge in [-0.15, -0.1) is 0 Å². The Morgan fingerprint density at radius 2 is 1.82 bits per heavy atom. The van der Waals surface area contributed by atoms with E-state index < -0.39 is 36.2 Å². The number of rotatable bonds is 9. The average molecular weight is 472 g/mol. The van der Waals surface area contributed by atoms with Crippen LogP contribution in [0.5, 0.6) is 17.2 Å². The summed E-state index contributed by atoms with van der Waals surface area (Å²) in [7, 11) is 2.91. The highest BCUT2D eigenvalue weighted by Crippen LogP contribution is 2.37. The number of methoxy groups -OCH3 is 2. The van der Waals surface area contributed by atoms with E-state index in [-0.39, 0.29) is 16.4 Å². The van der Waals surface area contributed by atoms with Crippen LogP contribution < -0.4 is 19.5 Å². The highest BCUT2D eigenvalue weighted by Gasteiger charge is 2.36. The van der Waals surface area contributed by atoms with Crippen LogP contribution in [-0.4, -0.2) is 60.4 Å². The summed E-state index contributed by atoms with van der Waals surface area (Å²) < 4.78 is 15.6. The summed E-state index contributed by atoms with van der Waals surface area (Å²) in [5, 5.41) is 10.9. The van der Waals surface area contributed by atoms with Gasteiger partial charge in [0.05, 0.1) is 19.1 Å². The Morgan fingerprint density at radius 3 is 2.45 bits per heavy atom. The van der Waals surface area contributed by atoms with Gasteiger partial charge in [0.1, 0.15) is 12.3 Å². The minimum Gasteiger partial charge on any atom is -0.497 e. The van der Waals surface area contributed by atoms with Crippen molar-refractivity contribution in [3.05, 3.63) is 52.9 Å². The summed E-state index contributed by atoms with van der Waals surface area (Å²) in [6, 6.07) is 11.4. The Labute approximate surface area is 193 Å². The molecule has 2 aromatic carbocycles. The van der Waals surface area contributed by atoms with Crippen molar-refractivity contribution < 1.29 is 38.5 Å². The number of hydrogen-bond donors (Lipinski definition) is 2. The van der Waals surface area contributed by atoms with E-state index in [1.165, 1.54) is 20.3 Å². The minimum atomic E-state index is -1.19. The number of anilines is 1. The molecule has 10 nitrogen and oxygen atoms in total. The molecule has 0 radical (unpaired) electrons. The number of nitrogens with zero attached hydrogens (tertiary/aromatic N) is 1. The van der Waals surface area contributed by atoms with E-state index in [9.17, 15) is 19.2 Å². The van der Waals surface area contributed by atoms with Crippen LogP contribution in [0.15, 0.2) is 47.4 Å². The van der Waals surface area contributed by atoms with Gasteiger partial charge < -0.3 is 24.6 Å². The SMILES string of the molecule is COc1ccc(NC(=O)CN2C(=O)S/C(=C/c3cccc(OC)c3OCC(=O)O)C2=O)cc1. The van der Waals surface area contributed by atoms with E-state index in [2.05, 4.69) is 5.32 Å². The quantitative estimate of drug-likeness (QED) is 0.529. The van der Waals surface area contributed by atoms with Crippen molar-refractivity contribution in [1.29, 1.82) is 0 Å². The molecule has 1 heterocycles. The van der Waals surface area contributed by atoms with Crippen molar-refractivity contribution in [1.82, 2.24) is 4.90 Å². The number of carbonyl (C=O) groups is 4. The zero-order valence-electron chi connectivity index (χ0n) is 17.7. The fraction of sp³-hybridized carbons (Fsp3) is 0.182. The van der Waals surface area contributed by atoms with Crippen molar-refractivity contribution in [2.75, 3.05) is 32.7 Å². The number of imide groups is 1. The van der Waals surface area contributed by atoms with Crippen LogP contribution >= 0.6 is 11.8 Å². The normalized spacial score (nSPS) is 14.4. The number of amides is 3. The second-order valence-electron chi connectivity index (χ2n) is 6.61. The fourth-order valence-electron chi connectivity index (χ4n) is 2.89. The molecule has 1 aliphatic rings. The smallest absolute Gasteiger partial charge is 0.341 e. The molecule has 0 saturated carbocycles. The molecule has 3 rings (SSSR count). The lowest BCUT2D eigenvalue weighted by Gasteiger charge is -2.13. The maximum atomic E-state index is 12.8. The summed E-state index contributed by atoms with van der Waals surface area (Å²) in [6.45, 7) is -1.08. The van der Waals surface area contributed by atoms with Crippen LogP contribution in [0, 0.1) is 0 Å². The molecule has 2 N–H and O–H groups in total. The van der Waals surface area contributed by atoms with Crippen LogP contribution in [0.3, 0.4) is 0 Å². The molecule has 0 aliphatic carbocycles. The van der Waals surface area contributed by atoms with Crippen LogP contribution in [0.25, 0.3) is 6.08 Å². The average Bonchev–Trinajstić information content (AvgIpc) is 3.05. The van der Waals surface area contributed by atoms with Crippen LogP contribution in [0.4, 0.5) is 10.5 Å². The van der Waals surface area contributed by atoms with E-state index >= 15 is 0 Å². The molecule has 0 atom stereocenters. The first-order valence-corrected chi connectivity index (χ1v) is 10.3. The highest BCUT2D eigenvalue weighted by atomic mass is 32.2. The minimum absolute atomic E-state index is 0.0608. The highest BCUT2D eigenvalue weighted by molar-refractivity contribution is 8.18. The third-order valence-corrected chi connectivity index (χ3v) is 5.31. The molecule has 3 amide bonds. The fourth-order valence-corrected chi connectivity index (χ4v) is 3.72. The van der Waals surface area contributed by atoms with E-state index in [4.69, 9.17) is 19.3 Å². The van der Waals surface area contributed by atoms with Gasteiger partial charge in [-0.2, -0.15) is 0 Å². The number of para-hydroxylation sites is 1. The predicted octanol–water partition coefficient (Wildman–Crippen LogP) is 2.84. The van der Waals surface area contributed by atoms with Gasteiger partial charge in [0, 0.05) is 11.3 Å². The maximum Gasteiger partial charge on any atom is 0.341 e. The largest absolute Gasteiger partial charge is 0.497 e. The molecule has 1 saturated heterocycles. The molecule has 33 heavy (non-hydrogen) atoms. The Hall–Kier alpha value is -3.99. The molecule has 0 bridgehead atoms. The van der Waals surface area contributed by atoms with Crippen molar-refractivity contribution in [2.45, 2.75) is 0 Å². The molecule has 0 spiro atoms. The number of hydrogen-bond acceptors (Lipinski definition) is 8. The molecular formula is C22H20N2O8S. The van der Waals surface area contributed by atoms with Gasteiger partial charge in [-0.1, -0.05) is 12.1 Å². The van der Waals surface area contributed by atoms with Crippen molar-refractivity contribution in [2.24, 2.45) is 0 Å². The molecular weight excluding hydrogens is 452 g/mol. The topological polar surface area (TPSA) is 131 Å². The number of benzene rings is 2. The van der Waals surface area contributed by atoms with E-state index in [0.29, 0.717) is 28.8 Å². The monoisotopic (exact) mass is 472 g/mol. The molecule has 0 unspecified atom stereocenters. The number of aliphatic carboxylic acids is 1. The van der Waals surface area contributed by atoms with Gasteiger partial charge >= 0.3 is 5.97 Å². The third-order valence-electron chi connectivity index (χ3n) is 4.40. The van der Waals surface area contributed by atoms with Gasteiger partial charge in [0.25, 0.3) is 11.1 Å². The molecule has 11 heteroatoms. The lowest BCUT2D eigenvalue weighted by molar-refractivity contribution is -0.139. The number of carboxylic acids is 1. The summed E-state index contributed by atoms with van der Waals surface area (Å²) in [5.41, 5.74) is 0.837. The Balaban J connectivity index is 1.75. The first-order valence-electron chi connectivity index (χ1n) is 9.53. The first-order chi connectivity index (χ1) is 15.8. The lowest BCUT2D eigenvalue weighted by atomic mass is 10.1. The number of ether oxygens (including phenoxy) is 3. The summed E-state index contributed by atoms with van der Waals surface area (Å²) in [4.78, 5) is 49.3. The number of nitrogens with one attached hydrogen (secondary N) is 1. The summed E-state index contributed by atoms with van der Waals surface area (Å²) >= 11 is 0.666. The third kappa shape index (κ3) is 5.83. The Morgan fingerprint density at radius 1 is 1.09 bits per heavy atom. The van der Waals surface area contributed by atoms with E-state index in [0.717, 1.165) is 4.90 Å². The summed E-state index contributed by atoms with van der Waals surface area (Å²) in [6.07, 6.45) is 1.39. The Kier molecular flexibility index (Phi) is 7.57. The number of carbonyl (C=O) groups excluding carboxylic acids is 3. The molecule has 1 aliphatic heterocycles. The van der Waals surface area contributed by atoms with E-state index in [1.807, 2.05) is 0 Å². The molecule has 0 aromatic heterocycles. The summed E-state index contributed by atoms with van der Waals surface area (Å²) in [5.74, 6) is -1.38. The second kappa shape index (κ2) is 10.6. The molecule has 172 valence electrons. The van der Waals surface area contributed by atoms with Gasteiger partial charge in [-0.05, 0) is 48.2 Å². The zero-order valence-corrected chi connectivity index (χ0v) is 18.5. The van der Waals surface area contributed by atoms with Crippen molar-refractivity contribution in [3.63, 3.8) is 0 Å². The van der Waals surface area contributed by atoms with Crippen LogP contribution in [-0.2, 0) is 14.4 Å². The van der Waals surface area contributed by atoms with Crippen LogP contribution in [0.2, 0.25) is 0 Å². The molecule has 1 fully saturated rings. The maximum absolute atomic E-state index is 12.8. The lowest BCUT2D eigenvalue weighted by Crippen LogP contribution is -2.36.